The van der Waals surface area contributed by atoms with Gasteiger partial charge >= 0.3 is 0 Å². The minimum absolute atomic E-state index is 0.0688. The van der Waals surface area contributed by atoms with Crippen molar-refractivity contribution < 1.29 is 14.5 Å². The first-order valence-electron chi connectivity index (χ1n) is 8.79. The molecule has 0 unspecified atom stereocenters. The molecule has 2 aromatic carbocycles. The maximum atomic E-state index is 12.8. The van der Waals surface area contributed by atoms with Gasteiger partial charge in [-0.1, -0.05) is 12.1 Å². The van der Waals surface area contributed by atoms with Gasteiger partial charge in [0.25, 0.3) is 17.5 Å². The number of carbonyl (C=O) groups is 2. The van der Waals surface area contributed by atoms with Crippen LogP contribution in [0.25, 0.3) is 0 Å². The molecule has 0 radical (unpaired) electrons. The fourth-order valence-corrected chi connectivity index (χ4v) is 3.12. The fourth-order valence-electron chi connectivity index (χ4n) is 3.12. The summed E-state index contributed by atoms with van der Waals surface area (Å²) in [5.74, 6) is -1.37. The number of nitrogens with zero attached hydrogens (tertiary/aromatic N) is 3. The number of likely N-dealkylation sites (N-methyl/N-ethyl adjacent to an activating group) is 1. The van der Waals surface area contributed by atoms with Crippen LogP contribution in [0.5, 0.6) is 0 Å². The van der Waals surface area contributed by atoms with Crippen molar-refractivity contribution in [2.75, 3.05) is 43.4 Å². The number of nitro benzene ring substituents is 1. The molecule has 3 N–H and O–H groups in total. The summed E-state index contributed by atoms with van der Waals surface area (Å²) in [5.41, 5.74) is 6.05. The predicted molar refractivity (Wildman–Crippen MR) is 106 cm³/mol. The molecule has 2 aromatic rings. The fraction of sp³-hybridized carbons (Fsp3) is 0.263. The first-order chi connectivity index (χ1) is 13.4. The minimum atomic E-state index is -0.698. The number of rotatable bonds is 5. The Labute approximate surface area is 161 Å². The molecule has 1 aliphatic rings. The molecule has 0 atom stereocenters. The second-order valence-electron chi connectivity index (χ2n) is 6.61. The maximum Gasteiger partial charge on any atom is 0.282 e. The normalized spacial score (nSPS) is 14.5. The molecule has 146 valence electrons. The molecular formula is C19H21N5O4. The van der Waals surface area contributed by atoms with E-state index in [1.54, 1.807) is 18.2 Å². The van der Waals surface area contributed by atoms with Crippen molar-refractivity contribution in [2.45, 2.75) is 0 Å². The Kier molecular flexibility index (Phi) is 5.55. The quantitative estimate of drug-likeness (QED) is 0.599. The third-order valence-electron chi connectivity index (χ3n) is 4.73. The molecule has 28 heavy (non-hydrogen) atoms. The molecule has 1 fully saturated rings. The molecule has 2 amide bonds. The van der Waals surface area contributed by atoms with E-state index in [0.29, 0.717) is 0 Å². The molecule has 0 bridgehead atoms. The third-order valence-corrected chi connectivity index (χ3v) is 4.73. The molecule has 9 nitrogen and oxygen atoms in total. The number of nitro groups is 1. The minimum Gasteiger partial charge on any atom is -0.369 e. The van der Waals surface area contributed by atoms with Gasteiger partial charge in [-0.2, -0.15) is 0 Å². The lowest BCUT2D eigenvalue weighted by Crippen LogP contribution is -2.44. The molecule has 3 rings (SSSR count). The number of para-hydroxylation sites is 1. The molecule has 9 heteroatoms. The lowest BCUT2D eigenvalue weighted by Gasteiger charge is -2.34. The summed E-state index contributed by atoms with van der Waals surface area (Å²) < 4.78 is 0. The van der Waals surface area contributed by atoms with E-state index in [-0.39, 0.29) is 22.5 Å². The maximum absolute atomic E-state index is 12.8. The van der Waals surface area contributed by atoms with E-state index in [2.05, 4.69) is 15.1 Å². The van der Waals surface area contributed by atoms with Crippen molar-refractivity contribution in [1.82, 2.24) is 4.90 Å². The highest BCUT2D eigenvalue weighted by molar-refractivity contribution is 6.10. The number of carbonyl (C=O) groups excluding carboxylic acids is 2. The predicted octanol–water partition coefficient (Wildman–Crippen LogP) is 1.70. The molecule has 0 aliphatic carbocycles. The van der Waals surface area contributed by atoms with Gasteiger partial charge < -0.3 is 20.9 Å². The number of primary amides is 1. The van der Waals surface area contributed by atoms with E-state index in [4.69, 9.17) is 5.73 Å². The van der Waals surface area contributed by atoms with Crippen LogP contribution in [0.1, 0.15) is 20.7 Å². The number of hydrogen-bond donors (Lipinski definition) is 2. The summed E-state index contributed by atoms with van der Waals surface area (Å²) in [5, 5.41) is 14.0. The van der Waals surface area contributed by atoms with Crippen LogP contribution >= 0.6 is 0 Å². The van der Waals surface area contributed by atoms with Gasteiger partial charge in [-0.3, -0.25) is 19.7 Å². The van der Waals surface area contributed by atoms with Crippen molar-refractivity contribution in [1.29, 1.82) is 0 Å². The molecule has 0 spiro atoms. The summed E-state index contributed by atoms with van der Waals surface area (Å²) in [4.78, 5) is 39.5. The van der Waals surface area contributed by atoms with E-state index in [0.717, 1.165) is 31.9 Å². The van der Waals surface area contributed by atoms with Crippen LogP contribution in [0.3, 0.4) is 0 Å². The van der Waals surface area contributed by atoms with Crippen LogP contribution in [0.4, 0.5) is 17.1 Å². The Morgan fingerprint density at radius 3 is 2.39 bits per heavy atom. The van der Waals surface area contributed by atoms with Crippen molar-refractivity contribution in [2.24, 2.45) is 5.73 Å². The van der Waals surface area contributed by atoms with Crippen molar-refractivity contribution in [3.63, 3.8) is 0 Å². The zero-order valence-electron chi connectivity index (χ0n) is 15.4. The Bertz CT molecular complexity index is 922. The Hall–Kier alpha value is -3.46. The smallest absolute Gasteiger partial charge is 0.282 e. The summed E-state index contributed by atoms with van der Waals surface area (Å²) in [6, 6.07) is 10.8. The van der Waals surface area contributed by atoms with Gasteiger partial charge in [-0.25, -0.2) is 0 Å². The first kappa shape index (κ1) is 19.3. The topological polar surface area (TPSA) is 122 Å². The molecule has 1 aliphatic heterocycles. The Balaban J connectivity index is 1.93. The number of amides is 2. The molecule has 1 heterocycles. The average molecular weight is 383 g/mol. The Morgan fingerprint density at radius 2 is 1.75 bits per heavy atom. The number of nitrogens with two attached hydrogens (primary N) is 1. The summed E-state index contributed by atoms with van der Waals surface area (Å²) in [6.07, 6.45) is 0. The van der Waals surface area contributed by atoms with E-state index < -0.39 is 16.7 Å². The molecule has 0 aromatic heterocycles. The molecule has 0 saturated carbocycles. The van der Waals surface area contributed by atoms with E-state index in [1.165, 1.54) is 24.3 Å². The van der Waals surface area contributed by atoms with Gasteiger partial charge in [0, 0.05) is 37.9 Å². The van der Waals surface area contributed by atoms with Gasteiger partial charge in [0.15, 0.2) is 0 Å². The molecular weight excluding hydrogens is 362 g/mol. The van der Waals surface area contributed by atoms with Crippen LogP contribution in [-0.4, -0.2) is 54.9 Å². The highest BCUT2D eigenvalue weighted by Gasteiger charge is 2.24. The van der Waals surface area contributed by atoms with Crippen LogP contribution in [0.2, 0.25) is 0 Å². The van der Waals surface area contributed by atoms with Crippen LogP contribution in [0, 0.1) is 10.1 Å². The van der Waals surface area contributed by atoms with Crippen LogP contribution in [0.15, 0.2) is 42.5 Å². The lowest BCUT2D eigenvalue weighted by atomic mass is 10.1. The monoisotopic (exact) mass is 383 g/mol. The van der Waals surface area contributed by atoms with Crippen molar-refractivity contribution >= 4 is 28.9 Å². The third kappa shape index (κ3) is 4.09. The van der Waals surface area contributed by atoms with Crippen LogP contribution in [-0.2, 0) is 0 Å². The van der Waals surface area contributed by atoms with Gasteiger partial charge in [0.1, 0.15) is 5.56 Å². The van der Waals surface area contributed by atoms with Crippen molar-refractivity contribution in [3.05, 3.63) is 63.7 Å². The second kappa shape index (κ2) is 8.05. The van der Waals surface area contributed by atoms with Gasteiger partial charge in [-0.15, -0.1) is 0 Å². The zero-order chi connectivity index (χ0) is 20.3. The van der Waals surface area contributed by atoms with E-state index in [9.17, 15) is 19.7 Å². The van der Waals surface area contributed by atoms with Crippen LogP contribution < -0.4 is 16.0 Å². The Morgan fingerprint density at radius 1 is 1.07 bits per heavy atom. The lowest BCUT2D eigenvalue weighted by molar-refractivity contribution is -0.385. The number of nitrogens with one attached hydrogen (secondary N) is 1. The summed E-state index contributed by atoms with van der Waals surface area (Å²) in [7, 11) is 2.03. The number of hydrogen-bond acceptors (Lipinski definition) is 6. The van der Waals surface area contributed by atoms with Gasteiger partial charge in [0.05, 0.1) is 16.2 Å². The highest BCUT2D eigenvalue weighted by Crippen LogP contribution is 2.27. The standard InChI is InChI=1S/C19H21N5O4/c1-22-8-10-23(11-9-22)13-6-7-17(24(27)28)15(12-13)19(26)21-16-5-3-2-4-14(16)18(20)25/h2-7,12H,8-11H2,1H3,(H2,20,25)(H,21,26). The molecule has 1 saturated heterocycles. The second-order valence-corrected chi connectivity index (χ2v) is 6.61. The largest absolute Gasteiger partial charge is 0.369 e. The van der Waals surface area contributed by atoms with E-state index >= 15 is 0 Å². The number of piperazine rings is 1. The van der Waals surface area contributed by atoms with E-state index in [1.807, 2.05) is 7.05 Å². The highest BCUT2D eigenvalue weighted by atomic mass is 16.6. The zero-order valence-corrected chi connectivity index (χ0v) is 15.4. The van der Waals surface area contributed by atoms with Gasteiger partial charge in [-0.05, 0) is 31.3 Å². The van der Waals surface area contributed by atoms with Gasteiger partial charge in [0.2, 0.25) is 0 Å². The van der Waals surface area contributed by atoms with Crippen molar-refractivity contribution in [3.8, 4) is 0 Å². The summed E-state index contributed by atoms with van der Waals surface area (Å²) >= 11 is 0. The number of anilines is 2. The first-order valence-corrected chi connectivity index (χ1v) is 8.79. The summed E-state index contributed by atoms with van der Waals surface area (Å²) in [6.45, 7) is 3.26. The number of benzene rings is 2. The SMILES string of the molecule is CN1CCN(c2ccc([N+](=O)[O-])c(C(=O)Nc3ccccc3C(N)=O)c2)CC1. The average Bonchev–Trinajstić information content (AvgIpc) is 2.68.